The van der Waals surface area contributed by atoms with E-state index in [2.05, 4.69) is 4.98 Å². The third-order valence-corrected chi connectivity index (χ3v) is 3.23. The lowest BCUT2D eigenvalue weighted by Crippen LogP contribution is -2.41. The van der Waals surface area contributed by atoms with E-state index in [9.17, 15) is 14.4 Å². The fourth-order valence-corrected chi connectivity index (χ4v) is 2.13. The molecule has 0 radical (unpaired) electrons. The Morgan fingerprint density at radius 1 is 1.33 bits per heavy atom. The Morgan fingerprint density at radius 3 is 2.56 bits per heavy atom. The van der Waals surface area contributed by atoms with Crippen molar-refractivity contribution in [1.82, 2.24) is 14.9 Å². The van der Waals surface area contributed by atoms with Crippen molar-refractivity contribution in [2.24, 2.45) is 11.7 Å². The number of nitrogens with two attached hydrogens (primary N) is 1. The summed E-state index contributed by atoms with van der Waals surface area (Å²) < 4.78 is 0. The number of hydrogen-bond donors (Lipinski definition) is 3. The molecule has 2 heterocycles. The van der Waals surface area contributed by atoms with Crippen LogP contribution in [0.5, 0.6) is 0 Å². The standard InChI is InChI=1S/C11H16N4O3/c12-6-7-1-3-15(4-2-7)10(17)8-5-9(16)14-11(18)13-8/h5,7H,1-4,6,12H2,(H2,13,14,16,18). The van der Waals surface area contributed by atoms with Crippen molar-refractivity contribution in [1.29, 1.82) is 0 Å². The van der Waals surface area contributed by atoms with Crippen molar-refractivity contribution < 1.29 is 4.79 Å². The van der Waals surface area contributed by atoms with Gasteiger partial charge in [-0.15, -0.1) is 0 Å². The molecule has 1 saturated heterocycles. The summed E-state index contributed by atoms with van der Waals surface area (Å²) >= 11 is 0. The summed E-state index contributed by atoms with van der Waals surface area (Å²) in [5, 5.41) is 0. The van der Waals surface area contributed by atoms with Crippen LogP contribution in [-0.2, 0) is 0 Å². The molecule has 0 aromatic carbocycles. The zero-order valence-electron chi connectivity index (χ0n) is 9.94. The van der Waals surface area contributed by atoms with Gasteiger partial charge in [-0.25, -0.2) is 4.79 Å². The second-order valence-corrected chi connectivity index (χ2v) is 4.47. The largest absolute Gasteiger partial charge is 0.337 e. The van der Waals surface area contributed by atoms with Crippen LogP contribution in [-0.4, -0.2) is 40.4 Å². The number of aromatic amines is 2. The van der Waals surface area contributed by atoms with Gasteiger partial charge in [-0.05, 0) is 25.3 Å². The maximum absolute atomic E-state index is 12.1. The quantitative estimate of drug-likeness (QED) is 0.618. The van der Waals surface area contributed by atoms with E-state index in [4.69, 9.17) is 5.73 Å². The van der Waals surface area contributed by atoms with Crippen molar-refractivity contribution in [3.8, 4) is 0 Å². The summed E-state index contributed by atoms with van der Waals surface area (Å²) in [6.45, 7) is 1.84. The van der Waals surface area contributed by atoms with Gasteiger partial charge in [0.15, 0.2) is 0 Å². The van der Waals surface area contributed by atoms with Gasteiger partial charge < -0.3 is 15.6 Å². The average molecular weight is 252 g/mol. The van der Waals surface area contributed by atoms with Gasteiger partial charge in [0, 0.05) is 19.2 Å². The van der Waals surface area contributed by atoms with E-state index in [0.29, 0.717) is 25.6 Å². The van der Waals surface area contributed by atoms with Gasteiger partial charge in [0.25, 0.3) is 11.5 Å². The normalized spacial score (nSPS) is 16.8. The van der Waals surface area contributed by atoms with Gasteiger partial charge in [-0.1, -0.05) is 0 Å². The van der Waals surface area contributed by atoms with E-state index in [1.807, 2.05) is 4.98 Å². The third kappa shape index (κ3) is 2.67. The van der Waals surface area contributed by atoms with Crippen LogP contribution < -0.4 is 17.0 Å². The van der Waals surface area contributed by atoms with Crippen LogP contribution in [0.15, 0.2) is 15.7 Å². The van der Waals surface area contributed by atoms with Crippen LogP contribution >= 0.6 is 0 Å². The summed E-state index contributed by atoms with van der Waals surface area (Å²) in [5.74, 6) is 0.140. The molecule has 7 heteroatoms. The van der Waals surface area contributed by atoms with E-state index in [1.54, 1.807) is 4.90 Å². The third-order valence-electron chi connectivity index (χ3n) is 3.23. The highest BCUT2D eigenvalue weighted by molar-refractivity contribution is 5.92. The monoisotopic (exact) mass is 252 g/mol. The van der Waals surface area contributed by atoms with Crippen molar-refractivity contribution in [2.45, 2.75) is 12.8 Å². The lowest BCUT2D eigenvalue weighted by atomic mass is 9.97. The van der Waals surface area contributed by atoms with E-state index in [0.717, 1.165) is 18.9 Å². The lowest BCUT2D eigenvalue weighted by Gasteiger charge is -2.31. The average Bonchev–Trinajstić information content (AvgIpc) is 2.37. The van der Waals surface area contributed by atoms with Crippen molar-refractivity contribution in [3.63, 3.8) is 0 Å². The number of hydrogen-bond acceptors (Lipinski definition) is 4. The minimum Gasteiger partial charge on any atom is -0.337 e. The number of amides is 1. The molecule has 1 fully saturated rings. The first-order valence-corrected chi connectivity index (χ1v) is 5.93. The molecule has 1 aliphatic heterocycles. The molecule has 0 unspecified atom stereocenters. The number of carbonyl (C=O) groups excluding carboxylic acids is 1. The number of aromatic nitrogens is 2. The van der Waals surface area contributed by atoms with Gasteiger partial charge in [-0.3, -0.25) is 14.6 Å². The predicted octanol–water partition coefficient (Wildman–Crippen LogP) is -1.13. The zero-order chi connectivity index (χ0) is 13.1. The zero-order valence-corrected chi connectivity index (χ0v) is 9.94. The van der Waals surface area contributed by atoms with Crippen LogP contribution in [0.2, 0.25) is 0 Å². The first kappa shape index (κ1) is 12.6. The van der Waals surface area contributed by atoms with E-state index in [1.165, 1.54) is 0 Å². The number of likely N-dealkylation sites (tertiary alicyclic amines) is 1. The molecule has 0 atom stereocenters. The summed E-state index contributed by atoms with van der Waals surface area (Å²) in [4.78, 5) is 40.3. The van der Waals surface area contributed by atoms with Crippen molar-refractivity contribution in [2.75, 3.05) is 19.6 Å². The molecule has 0 bridgehead atoms. The number of rotatable bonds is 2. The number of H-pyrrole nitrogens is 2. The molecule has 2 rings (SSSR count). The lowest BCUT2D eigenvalue weighted by molar-refractivity contribution is 0.0686. The number of nitrogens with one attached hydrogen (secondary N) is 2. The molecule has 4 N–H and O–H groups in total. The Labute approximate surface area is 103 Å². The smallest absolute Gasteiger partial charge is 0.326 e. The second-order valence-electron chi connectivity index (χ2n) is 4.47. The molecule has 1 aromatic rings. The molecular formula is C11H16N4O3. The Bertz CT molecular complexity index is 511. The van der Waals surface area contributed by atoms with E-state index in [-0.39, 0.29) is 11.6 Å². The maximum atomic E-state index is 12.1. The Hall–Kier alpha value is -1.89. The number of nitrogens with zero attached hydrogens (tertiary/aromatic N) is 1. The Kier molecular flexibility index (Phi) is 3.61. The molecule has 0 spiro atoms. The van der Waals surface area contributed by atoms with Crippen molar-refractivity contribution >= 4 is 5.91 Å². The first-order chi connectivity index (χ1) is 8.60. The van der Waals surface area contributed by atoms with Gasteiger partial charge in [0.1, 0.15) is 5.69 Å². The van der Waals surface area contributed by atoms with Crippen molar-refractivity contribution in [3.05, 3.63) is 32.6 Å². The highest BCUT2D eigenvalue weighted by atomic mass is 16.2. The second kappa shape index (κ2) is 5.18. The number of piperidine rings is 1. The number of carbonyl (C=O) groups is 1. The van der Waals surface area contributed by atoms with Crippen LogP contribution in [0.25, 0.3) is 0 Å². The van der Waals surface area contributed by atoms with E-state index < -0.39 is 11.2 Å². The van der Waals surface area contributed by atoms with E-state index >= 15 is 0 Å². The van der Waals surface area contributed by atoms with Crippen LogP contribution in [0.1, 0.15) is 23.3 Å². The molecule has 0 aliphatic carbocycles. The highest BCUT2D eigenvalue weighted by Crippen LogP contribution is 2.16. The molecule has 1 aromatic heterocycles. The van der Waals surface area contributed by atoms with Gasteiger partial charge >= 0.3 is 5.69 Å². The summed E-state index contributed by atoms with van der Waals surface area (Å²) in [6, 6.07) is 1.11. The Morgan fingerprint density at radius 2 is 2.00 bits per heavy atom. The fourth-order valence-electron chi connectivity index (χ4n) is 2.13. The summed E-state index contributed by atoms with van der Waals surface area (Å²) in [6.07, 6.45) is 1.71. The summed E-state index contributed by atoms with van der Waals surface area (Å²) in [5.41, 5.74) is 4.38. The highest BCUT2D eigenvalue weighted by Gasteiger charge is 2.23. The Balaban J connectivity index is 2.12. The van der Waals surface area contributed by atoms with Gasteiger partial charge in [0.2, 0.25) is 0 Å². The minimum absolute atomic E-state index is 0.0370. The molecule has 18 heavy (non-hydrogen) atoms. The minimum atomic E-state index is -0.664. The molecule has 0 saturated carbocycles. The molecule has 98 valence electrons. The van der Waals surface area contributed by atoms with Crippen LogP contribution in [0, 0.1) is 5.92 Å². The molecular weight excluding hydrogens is 236 g/mol. The fraction of sp³-hybridized carbons (Fsp3) is 0.545. The summed E-state index contributed by atoms with van der Waals surface area (Å²) in [7, 11) is 0. The molecule has 1 aliphatic rings. The first-order valence-electron chi connectivity index (χ1n) is 5.93. The predicted molar refractivity (Wildman–Crippen MR) is 65.4 cm³/mol. The van der Waals surface area contributed by atoms with Crippen LogP contribution in [0.3, 0.4) is 0 Å². The molecule has 1 amide bonds. The maximum Gasteiger partial charge on any atom is 0.326 e. The van der Waals surface area contributed by atoms with Gasteiger partial charge in [-0.2, -0.15) is 0 Å². The molecule has 7 nitrogen and oxygen atoms in total. The topological polar surface area (TPSA) is 112 Å². The van der Waals surface area contributed by atoms with Gasteiger partial charge in [0.05, 0.1) is 0 Å². The van der Waals surface area contributed by atoms with Crippen LogP contribution in [0.4, 0.5) is 0 Å². The SMILES string of the molecule is NCC1CCN(C(=O)c2cc(=O)[nH]c(=O)[nH]2)CC1.